The van der Waals surface area contributed by atoms with Crippen molar-refractivity contribution in [1.82, 2.24) is 46.5 Å². The van der Waals surface area contributed by atoms with E-state index < -0.39 is 17.2 Å². The van der Waals surface area contributed by atoms with E-state index in [0.29, 0.717) is 163 Å². The lowest BCUT2D eigenvalue weighted by Gasteiger charge is -2.37. The van der Waals surface area contributed by atoms with Gasteiger partial charge in [-0.2, -0.15) is 0 Å². The first-order chi connectivity index (χ1) is 69.6. The van der Waals surface area contributed by atoms with Gasteiger partial charge in [0.1, 0.15) is 46.3 Å². The van der Waals surface area contributed by atoms with E-state index in [1.54, 1.807) is 57.4 Å². The van der Waals surface area contributed by atoms with Crippen LogP contribution in [0.25, 0.3) is 10.9 Å². The summed E-state index contributed by atoms with van der Waals surface area (Å²) in [7, 11) is 0. The molecule has 1 aliphatic carbocycles. The summed E-state index contributed by atoms with van der Waals surface area (Å²) in [6, 6.07) is 19.6. The Bertz CT molecular complexity index is 5740. The van der Waals surface area contributed by atoms with Crippen molar-refractivity contribution in [3.8, 4) is 10.9 Å². The Kier molecular flexibility index (Phi) is 46.7. The van der Waals surface area contributed by atoms with E-state index in [-0.39, 0.29) is 116 Å². The van der Waals surface area contributed by atoms with Crippen LogP contribution in [0.15, 0.2) is 179 Å². The Hall–Kier alpha value is -10.4. The number of pyridine rings is 9. The molecule has 0 bridgehead atoms. The molecule has 2 N–H and O–H groups in total. The second-order valence-corrected chi connectivity index (χ2v) is 43.4. The Labute approximate surface area is 862 Å². The highest BCUT2D eigenvalue weighted by Gasteiger charge is 2.40. The van der Waals surface area contributed by atoms with Gasteiger partial charge < -0.3 is 66.5 Å². The molecule has 146 heavy (non-hydrogen) atoms. The maximum absolute atomic E-state index is 13.6. The minimum Gasteiger partial charge on any atom is -0.381 e. The molecule has 10 aromatic rings. The first-order valence-electron chi connectivity index (χ1n) is 52.1. The summed E-state index contributed by atoms with van der Waals surface area (Å²) in [4.78, 5) is 107. The molecule has 0 amide bonds. The van der Waals surface area contributed by atoms with E-state index in [2.05, 4.69) is 48.3 Å². The number of rotatable bonds is 24. The van der Waals surface area contributed by atoms with E-state index in [9.17, 15) is 64.7 Å². The molecule has 4 atom stereocenters. The molecular formula is C112H153ClF6N12O14S. The molecule has 6 aliphatic heterocycles. The molecule has 0 radical (unpaired) electrons. The first-order valence-corrected chi connectivity index (χ1v) is 53.3. The standard InChI is InChI=1S/C17H26N2O2.C14H20ClNO2.C14H15FN2O.4C14H20FNO2.C11H12FN3OS/c1-13(2)18-15-5-3-11-19(16(15)20)14-6-9-17(10-7-14)8-4-12-21-17;1-10(2)6-11-7-12(15)8-16(14(11)17)13-4-3-5-18-9-13;1-10(2)7-11-8-12(15)9-17(14(11)18)13-5-3-4-6-16-13;1-10(2)7-11-8-12(15)9-16(14(11)17)13-3-5-18-6-4-13;3*1-10(2)6-11-7-12(15)8-16(14(11)17)13-4-3-5-18-9-13;1-7(2)14-9-8(12)3-5-15(10(9)16)11-13-4-6-17-11/h3,5,11,13-14,18H,4,6-10,12H2,1-2H3;7-8,10,13H,3-6,9H2,1-2H3;3-6,8-10H,7H2,1-2H3;8-10,13H,3-7H2,1-2H3;3*7-8,10,13H,3-6,9H2,1-2H3;3-7,14H,1-2H3/t;;;;2*13-;;/m....10../s1. The highest BCUT2D eigenvalue weighted by molar-refractivity contribution is 7.12. The molecule has 6 saturated heterocycles. The summed E-state index contributed by atoms with van der Waals surface area (Å²) in [5.41, 5.74) is 3.72. The number of hydrogen-bond donors (Lipinski definition) is 2. The fourth-order valence-electron chi connectivity index (χ4n) is 19.2. The highest BCUT2D eigenvalue weighted by Crippen LogP contribution is 2.43. The van der Waals surface area contributed by atoms with Gasteiger partial charge in [-0.25, -0.2) is 36.3 Å². The van der Waals surface area contributed by atoms with Crippen molar-refractivity contribution in [1.29, 1.82) is 0 Å². The maximum Gasteiger partial charge on any atom is 0.283 e. The second-order valence-electron chi connectivity index (χ2n) is 42.1. The summed E-state index contributed by atoms with van der Waals surface area (Å²) in [5, 5.41) is 8.98. The minimum absolute atomic E-state index is 0.00987. The molecule has 800 valence electrons. The largest absolute Gasteiger partial charge is 0.381 e. The number of halogens is 7. The van der Waals surface area contributed by atoms with Crippen LogP contribution < -0.4 is 55.1 Å². The molecule has 2 unspecified atom stereocenters. The van der Waals surface area contributed by atoms with E-state index in [1.807, 2.05) is 106 Å². The number of thiazole rings is 1. The molecule has 1 saturated carbocycles. The minimum atomic E-state index is -0.545. The van der Waals surface area contributed by atoms with Crippen LogP contribution in [0.4, 0.5) is 37.7 Å². The van der Waals surface area contributed by atoms with Crippen molar-refractivity contribution in [2.75, 3.05) is 83.3 Å². The number of nitrogens with zero attached hydrogens (tertiary/aromatic N) is 10. The van der Waals surface area contributed by atoms with Gasteiger partial charge in [-0.1, -0.05) is 101 Å². The average Bonchev–Trinajstić information content (AvgIpc) is 1.62. The zero-order valence-corrected chi connectivity index (χ0v) is 89.5. The van der Waals surface area contributed by atoms with Crippen LogP contribution in [0.5, 0.6) is 0 Å². The van der Waals surface area contributed by atoms with Crippen molar-refractivity contribution < 1.29 is 54.8 Å². The topological polar surface area (TPSA) is 281 Å². The Balaban J connectivity index is 0.000000171. The fourth-order valence-corrected chi connectivity index (χ4v) is 20.0. The predicted octanol–water partition coefficient (Wildman–Crippen LogP) is 21.4. The quantitative estimate of drug-likeness (QED) is 0.0532. The Morgan fingerprint density at radius 1 is 0.363 bits per heavy atom. The normalized spacial score (nSPS) is 19.0. The average molecular weight is 2070 g/mol. The third kappa shape index (κ3) is 35.7. The van der Waals surface area contributed by atoms with Crippen molar-refractivity contribution in [3.05, 3.63) is 296 Å². The van der Waals surface area contributed by atoms with Crippen molar-refractivity contribution in [2.45, 2.75) is 306 Å². The third-order valence-electron chi connectivity index (χ3n) is 25.8. The molecule has 1 spiro atoms. The zero-order chi connectivity index (χ0) is 106. The second kappa shape index (κ2) is 58.0. The van der Waals surface area contributed by atoms with Gasteiger partial charge in [0.05, 0.1) is 61.2 Å². The van der Waals surface area contributed by atoms with Crippen LogP contribution in [0.2, 0.25) is 5.02 Å². The summed E-state index contributed by atoms with van der Waals surface area (Å²) in [6.45, 7) is 39.6. The lowest BCUT2D eigenvalue weighted by Crippen LogP contribution is -2.37. The number of anilines is 2. The highest BCUT2D eigenvalue weighted by atomic mass is 35.5. The van der Waals surface area contributed by atoms with Crippen LogP contribution >= 0.6 is 22.9 Å². The van der Waals surface area contributed by atoms with Crippen LogP contribution in [-0.2, 0) is 66.9 Å². The summed E-state index contributed by atoms with van der Waals surface area (Å²) in [6.07, 6.45) is 34.1. The van der Waals surface area contributed by atoms with E-state index in [1.165, 1.54) is 121 Å². The molecule has 10 aromatic heterocycles. The van der Waals surface area contributed by atoms with E-state index in [4.69, 9.17) is 40.0 Å². The molecule has 26 nitrogen and oxygen atoms in total. The third-order valence-corrected chi connectivity index (χ3v) is 26.8. The monoisotopic (exact) mass is 2070 g/mol. The maximum atomic E-state index is 13.6. The van der Waals surface area contributed by atoms with Gasteiger partial charge in [-0.3, -0.25) is 47.5 Å². The van der Waals surface area contributed by atoms with Gasteiger partial charge in [0.25, 0.3) is 44.5 Å². The summed E-state index contributed by atoms with van der Waals surface area (Å²) in [5.74, 6) is 0.270. The van der Waals surface area contributed by atoms with Crippen molar-refractivity contribution in [2.24, 2.45) is 35.5 Å². The predicted molar refractivity (Wildman–Crippen MR) is 566 cm³/mol. The molecular weight excluding hydrogens is 1920 g/mol. The van der Waals surface area contributed by atoms with E-state index in [0.717, 1.165) is 135 Å². The molecule has 17 rings (SSSR count). The van der Waals surface area contributed by atoms with Gasteiger partial charge in [-0.05, 0) is 271 Å². The van der Waals surface area contributed by atoms with E-state index >= 15 is 0 Å². The lowest BCUT2D eigenvalue weighted by atomic mass is 9.80. The zero-order valence-electron chi connectivity index (χ0n) is 87.9. The van der Waals surface area contributed by atoms with Crippen LogP contribution in [-0.4, -0.2) is 137 Å². The molecule has 7 aliphatic rings. The van der Waals surface area contributed by atoms with Crippen LogP contribution in [0.3, 0.4) is 0 Å². The Morgan fingerprint density at radius 2 is 0.753 bits per heavy atom. The van der Waals surface area contributed by atoms with Gasteiger partial charge >= 0.3 is 0 Å². The smallest absolute Gasteiger partial charge is 0.283 e. The number of ether oxygens (including phenoxy) is 6. The lowest BCUT2D eigenvalue weighted by molar-refractivity contribution is -0.0334. The number of aromatic nitrogens is 10. The van der Waals surface area contributed by atoms with Crippen molar-refractivity contribution >= 4 is 34.3 Å². The molecule has 7 fully saturated rings. The van der Waals surface area contributed by atoms with Gasteiger partial charge in [0.2, 0.25) is 0 Å². The van der Waals surface area contributed by atoms with Gasteiger partial charge in [-0.15, -0.1) is 11.3 Å². The van der Waals surface area contributed by atoms with Crippen molar-refractivity contribution in [3.63, 3.8) is 0 Å². The number of nitrogens with one attached hydrogen (secondary N) is 2. The van der Waals surface area contributed by atoms with Gasteiger partial charge in [0, 0.05) is 171 Å². The number of hydrogen-bond acceptors (Lipinski definition) is 19. The summed E-state index contributed by atoms with van der Waals surface area (Å²) >= 11 is 7.45. The molecule has 34 heteroatoms. The first kappa shape index (κ1) is 118. The van der Waals surface area contributed by atoms with Crippen LogP contribution in [0, 0.1) is 70.4 Å². The molecule has 0 aromatic carbocycles. The summed E-state index contributed by atoms with van der Waals surface area (Å²) < 4.78 is 127. The fraction of sp³-hybridized carbons (Fsp3) is 0.571. The molecule has 16 heterocycles. The van der Waals surface area contributed by atoms with Crippen LogP contribution in [0.1, 0.15) is 283 Å². The SMILES string of the molecule is CC(C)Cc1cc(Cl)cn(C2CCCOC2)c1=O.CC(C)Cc1cc(F)cn(-c2ccccn2)c1=O.CC(C)Cc1cc(F)cn(C2CCCOC2)c1=O.CC(C)Cc1cc(F)cn(C2CCOCC2)c1=O.CC(C)Cc1cc(F)cn([C@@H]2CCCOC2)c1=O.CC(C)Cc1cc(F)cn([C@H]2CCCOC2)c1=O.CC(C)Nc1c(F)ccn(-c2nccs2)c1=O.CC(C)Nc1cccn(C2CCC3(CCCO3)CC2)c1=O. The Morgan fingerprint density at radius 3 is 1.12 bits per heavy atom. The van der Waals surface area contributed by atoms with Gasteiger partial charge in [0.15, 0.2) is 10.9 Å².